The van der Waals surface area contributed by atoms with Crippen LogP contribution in [0.5, 0.6) is 0 Å². The maximum atomic E-state index is 13.9. The number of carbonyl (C=O) groups is 1. The highest BCUT2D eigenvalue weighted by atomic mass is 32.2. The van der Waals surface area contributed by atoms with Gasteiger partial charge in [-0.15, -0.1) is 0 Å². The molecule has 4 aliphatic carbocycles. The molecular formula is C114H163F3O3S. The number of fused-ring (bicyclic) bond motifs is 1. The number of halogens is 3. The van der Waals surface area contributed by atoms with Crippen LogP contribution in [-0.2, 0) is 31.5 Å². The minimum absolute atomic E-state index is 0.110. The van der Waals surface area contributed by atoms with Crippen LogP contribution < -0.4 is 0 Å². The molecule has 0 spiro atoms. The lowest BCUT2D eigenvalue weighted by Gasteiger charge is -2.46. The van der Waals surface area contributed by atoms with Crippen molar-refractivity contribution in [2.75, 3.05) is 0 Å². The predicted molar refractivity (Wildman–Crippen MR) is 516 cm³/mol. The van der Waals surface area contributed by atoms with Crippen LogP contribution in [0.4, 0.5) is 13.2 Å². The highest BCUT2D eigenvalue weighted by molar-refractivity contribution is 7.91. The van der Waals surface area contributed by atoms with Gasteiger partial charge in [-0.1, -0.05) is 296 Å². The Balaban J connectivity index is 0.000000220. The average molecular weight is 1670 g/mol. The van der Waals surface area contributed by atoms with E-state index in [0.29, 0.717) is 32.0 Å². The van der Waals surface area contributed by atoms with E-state index in [1.807, 2.05) is 125 Å². The van der Waals surface area contributed by atoms with Gasteiger partial charge in [0.1, 0.15) is 5.41 Å². The molecule has 8 aromatic rings. The van der Waals surface area contributed by atoms with Crippen LogP contribution in [0.15, 0.2) is 179 Å². The molecule has 0 heterocycles. The fourth-order valence-electron chi connectivity index (χ4n) is 18.3. The summed E-state index contributed by atoms with van der Waals surface area (Å²) in [4.78, 5) is 13.2. The summed E-state index contributed by atoms with van der Waals surface area (Å²) in [5.74, 6) is 11.8. The quantitative estimate of drug-likeness (QED) is 0.0759. The predicted octanol–water partition coefficient (Wildman–Crippen LogP) is 33.3. The number of alkyl halides is 3. The summed E-state index contributed by atoms with van der Waals surface area (Å²) in [6, 6.07) is 50.6. The number of carbonyl (C=O) groups excluding carboxylic acids is 1. The molecule has 2 saturated carbocycles. The molecule has 0 N–H and O–H groups in total. The van der Waals surface area contributed by atoms with E-state index in [-0.39, 0.29) is 16.9 Å². The number of hydrogen-bond acceptors (Lipinski definition) is 3. The summed E-state index contributed by atoms with van der Waals surface area (Å²) in [5.41, 5.74) is 21.3. The van der Waals surface area contributed by atoms with E-state index in [4.69, 9.17) is 0 Å². The highest BCUT2D eigenvalue weighted by Gasteiger charge is 2.54. The van der Waals surface area contributed by atoms with Gasteiger partial charge in [-0.25, -0.2) is 8.42 Å². The summed E-state index contributed by atoms with van der Waals surface area (Å²) >= 11 is 0. The standard InChI is InChI=1S/C19H21F3.C17H18O.C17H26.C16H18O2S.C16H30.C16H26.C13H24/c1-12-6-8-16(10-14(12)3)18(5,19(20,21)22)17-9-7-13(2)15(4)11-17;1-11-8-9-15(10-13(11)3)17(18)16-7-5-6-12(2)14(16)4;1-6-13(3)17(5)11-12(2)14(4)15-9-7-8-10-16(15)17;1-11-5-7-15(9-13(11)3)19(17,18)16-8-6-12(2)14(4)10-16;1-11-5-7-15(9-13(11)3)16-8-6-12(2)14(4)10-16;1-7-15(3,4)13-9-11-14(12-10-13)16(5,6)8-2;1-6-9(2)13-7-10(3)12(5)11(4)8-13/h6-11H,1-5H3;5-10H,1-4H3;7-10,12-14H,6,11H2,1-5H3;5-10H,1-4H3;11-16H,5-10H2,1-4H3;9-12H,7-8H2,1-6H3;7,9,11-13H,6,8H2,1-5H3. The first kappa shape index (κ1) is 103. The van der Waals surface area contributed by atoms with E-state index in [9.17, 15) is 26.4 Å². The number of rotatable bonds is 15. The molecule has 2 fully saturated rings. The Kier molecular flexibility index (Phi) is 37.5. The second-order valence-corrected chi connectivity index (χ2v) is 42.4. The van der Waals surface area contributed by atoms with Gasteiger partial charge in [0.15, 0.2) is 5.78 Å². The SMILES string of the molecule is CC1CCC(C2CCC(C)C(C)C2)CC1C.CCC(C)(C)c1ccc(C(C)(C)CC)cc1.CCC(C)C1(C)CC(C)C(C)c2ccccc21.CCC(C)C1C=C(C)C(C)C(C)C1.Cc1ccc(C(=O)c2cccc(C)c2C)cc1C.Cc1ccc(C(C)(c2ccc(C)c(C)c2)C(F)(F)F)cc1C.Cc1ccc(S(=O)(=O)c2ccc(C)c(C)c2)cc1C. The van der Waals surface area contributed by atoms with Crippen LogP contribution in [0, 0.1) is 154 Å². The Morgan fingerprint density at radius 2 is 0.843 bits per heavy atom. The maximum Gasteiger partial charge on any atom is 0.402 e. The highest BCUT2D eigenvalue weighted by Crippen LogP contribution is 2.52. The summed E-state index contributed by atoms with van der Waals surface area (Å²) in [6.45, 7) is 72.1. The lowest BCUT2D eigenvalue weighted by molar-refractivity contribution is -0.173. The van der Waals surface area contributed by atoms with Gasteiger partial charge in [0.05, 0.1) is 9.79 Å². The van der Waals surface area contributed by atoms with Crippen LogP contribution in [-0.4, -0.2) is 20.4 Å². The lowest BCUT2D eigenvalue weighted by atomic mass is 9.59. The minimum Gasteiger partial charge on any atom is -0.289 e. The van der Waals surface area contributed by atoms with E-state index in [2.05, 4.69) is 200 Å². The largest absolute Gasteiger partial charge is 0.402 e. The number of ketones is 1. The molecule has 0 amide bonds. The number of hydrogen-bond donors (Lipinski definition) is 0. The Hall–Kier alpha value is -7.09. The van der Waals surface area contributed by atoms with E-state index in [0.717, 1.165) is 143 Å². The van der Waals surface area contributed by atoms with Gasteiger partial charge >= 0.3 is 6.18 Å². The normalized spacial score (nSPS) is 22.8. The molecule has 0 aliphatic heterocycles. The maximum absolute atomic E-state index is 13.9. The first-order valence-electron chi connectivity index (χ1n) is 46.6. The Morgan fingerprint density at radius 3 is 1.23 bits per heavy atom. The smallest absolute Gasteiger partial charge is 0.289 e. The molecule has 0 bridgehead atoms. The molecule has 4 aliphatic rings. The van der Waals surface area contributed by atoms with Crippen molar-refractivity contribution in [3.63, 3.8) is 0 Å². The molecule has 664 valence electrons. The molecule has 121 heavy (non-hydrogen) atoms. The van der Waals surface area contributed by atoms with Crippen LogP contribution >= 0.6 is 0 Å². The molecule has 12 rings (SSSR count). The number of aryl methyl sites for hydroxylation is 11. The number of sulfone groups is 1. The fraction of sp³-hybridized carbons (Fsp3) is 0.553. The van der Waals surface area contributed by atoms with E-state index in [1.165, 1.54) is 101 Å². The van der Waals surface area contributed by atoms with E-state index in [1.54, 1.807) is 77.4 Å². The topological polar surface area (TPSA) is 51.2 Å². The lowest BCUT2D eigenvalue weighted by Crippen LogP contribution is -2.40. The van der Waals surface area contributed by atoms with Gasteiger partial charge in [-0.05, 0) is 372 Å². The van der Waals surface area contributed by atoms with E-state index < -0.39 is 21.4 Å². The Morgan fingerprint density at radius 1 is 0.430 bits per heavy atom. The van der Waals surface area contributed by atoms with Crippen molar-refractivity contribution in [2.24, 2.45) is 71.0 Å². The third-order valence-electron chi connectivity index (χ3n) is 31.5. The summed E-state index contributed by atoms with van der Waals surface area (Å²) in [5, 5.41) is 0. The first-order chi connectivity index (χ1) is 56.4. The monoisotopic (exact) mass is 1670 g/mol. The second-order valence-electron chi connectivity index (χ2n) is 40.4. The average Bonchev–Trinajstić information content (AvgIpc) is 0.757. The molecule has 3 nitrogen and oxygen atoms in total. The van der Waals surface area contributed by atoms with Gasteiger partial charge in [0.2, 0.25) is 9.84 Å². The third-order valence-corrected chi connectivity index (χ3v) is 33.3. The molecule has 0 aromatic heterocycles. The molecule has 0 radical (unpaired) electrons. The van der Waals surface area contributed by atoms with Crippen LogP contribution in [0.1, 0.15) is 344 Å². The minimum atomic E-state index is -4.36. The van der Waals surface area contributed by atoms with Crippen molar-refractivity contribution in [1.82, 2.24) is 0 Å². The van der Waals surface area contributed by atoms with Crippen molar-refractivity contribution in [3.8, 4) is 0 Å². The van der Waals surface area contributed by atoms with Crippen molar-refractivity contribution >= 4 is 15.6 Å². The Bertz CT molecular complexity index is 4640. The van der Waals surface area contributed by atoms with Gasteiger partial charge in [-0.2, -0.15) is 13.2 Å². The van der Waals surface area contributed by atoms with Crippen molar-refractivity contribution in [1.29, 1.82) is 0 Å². The summed E-state index contributed by atoms with van der Waals surface area (Å²) < 4.78 is 66.9. The van der Waals surface area contributed by atoms with Gasteiger partial charge < -0.3 is 0 Å². The number of benzene rings is 8. The molecule has 14 atom stereocenters. The molecule has 8 aromatic carbocycles. The second kappa shape index (κ2) is 44.2. The van der Waals surface area contributed by atoms with Crippen LogP contribution in [0.2, 0.25) is 0 Å². The van der Waals surface area contributed by atoms with E-state index >= 15 is 0 Å². The number of allylic oxidation sites excluding steroid dienone is 2. The van der Waals surface area contributed by atoms with Gasteiger partial charge in [0.25, 0.3) is 0 Å². The first-order valence-corrected chi connectivity index (χ1v) is 48.0. The molecule has 14 unspecified atom stereocenters. The fourth-order valence-corrected chi connectivity index (χ4v) is 19.7. The van der Waals surface area contributed by atoms with Crippen LogP contribution in [0.25, 0.3) is 0 Å². The Labute approximate surface area is 738 Å². The zero-order valence-electron chi connectivity index (χ0n) is 81.8. The van der Waals surface area contributed by atoms with Gasteiger partial charge in [0, 0.05) is 11.1 Å². The zero-order valence-corrected chi connectivity index (χ0v) is 82.7. The van der Waals surface area contributed by atoms with Crippen molar-refractivity contribution < 1.29 is 26.4 Å². The van der Waals surface area contributed by atoms with Crippen molar-refractivity contribution in [2.45, 2.75) is 349 Å². The summed E-state index contributed by atoms with van der Waals surface area (Å²) in [6.07, 6.45) is 14.9. The molecular weight excluding hydrogens is 1510 g/mol. The summed E-state index contributed by atoms with van der Waals surface area (Å²) in [7, 11) is -3.42. The van der Waals surface area contributed by atoms with Crippen molar-refractivity contribution in [3.05, 3.63) is 281 Å². The zero-order chi connectivity index (χ0) is 90.9. The molecule has 7 heteroatoms. The molecule has 0 saturated heterocycles. The van der Waals surface area contributed by atoms with Crippen LogP contribution in [0.3, 0.4) is 0 Å². The third kappa shape index (κ3) is 26.0. The van der Waals surface area contributed by atoms with Gasteiger partial charge in [-0.3, -0.25) is 4.79 Å².